The number of aromatic amines is 1. The number of ether oxygens (including phenoxy) is 1. The van der Waals surface area contributed by atoms with Crippen molar-refractivity contribution in [2.45, 2.75) is 12.5 Å². The van der Waals surface area contributed by atoms with Crippen molar-refractivity contribution in [3.05, 3.63) is 65.4 Å². The van der Waals surface area contributed by atoms with Crippen LogP contribution in [0.5, 0.6) is 11.5 Å². The minimum Gasteiger partial charge on any atom is -0.508 e. The summed E-state index contributed by atoms with van der Waals surface area (Å²) in [4.78, 5) is 14.8. The first-order valence-electron chi connectivity index (χ1n) is 9.07. The Labute approximate surface area is 162 Å². The standard InChI is InChI=1S/C21H21N3O4/c1-28-11-5-10-24-20(13-6-4-7-14(25)12-13)17-18(22-23-19(17)21(24)27)15-8-2-3-9-16(15)26/h2-4,6-9,12,20,25-26H,5,10-11H2,1H3,(H,22,23)/t20-/m1/s1. The molecule has 1 atom stereocenters. The number of hydrogen-bond acceptors (Lipinski definition) is 5. The van der Waals surface area contributed by atoms with Crippen molar-refractivity contribution in [3.8, 4) is 22.8 Å². The molecule has 0 bridgehead atoms. The molecule has 1 aromatic heterocycles. The van der Waals surface area contributed by atoms with Gasteiger partial charge < -0.3 is 19.8 Å². The van der Waals surface area contributed by atoms with E-state index in [1.165, 1.54) is 0 Å². The number of benzene rings is 2. The molecule has 28 heavy (non-hydrogen) atoms. The normalized spacial score (nSPS) is 15.8. The molecule has 0 aliphatic carbocycles. The van der Waals surface area contributed by atoms with Crippen LogP contribution >= 0.6 is 0 Å². The van der Waals surface area contributed by atoms with Gasteiger partial charge in [0.2, 0.25) is 0 Å². The maximum atomic E-state index is 13.1. The third kappa shape index (κ3) is 2.99. The second kappa shape index (κ2) is 7.36. The fourth-order valence-electron chi connectivity index (χ4n) is 3.73. The number of nitrogens with zero attached hydrogens (tertiary/aromatic N) is 2. The number of aromatic hydroxyl groups is 2. The van der Waals surface area contributed by atoms with Crippen LogP contribution in [0.25, 0.3) is 11.3 Å². The molecule has 0 spiro atoms. The summed E-state index contributed by atoms with van der Waals surface area (Å²) in [5.74, 6) is 0.0631. The molecule has 1 amide bonds. The third-order valence-corrected chi connectivity index (χ3v) is 4.96. The van der Waals surface area contributed by atoms with Gasteiger partial charge in [0, 0.05) is 31.4 Å². The summed E-state index contributed by atoms with van der Waals surface area (Å²) >= 11 is 0. The number of phenols is 2. The fourth-order valence-corrected chi connectivity index (χ4v) is 3.73. The second-order valence-corrected chi connectivity index (χ2v) is 6.72. The number of rotatable bonds is 6. The first-order valence-corrected chi connectivity index (χ1v) is 9.07. The van der Waals surface area contributed by atoms with Gasteiger partial charge in [-0.25, -0.2) is 0 Å². The molecule has 0 radical (unpaired) electrons. The molecule has 2 heterocycles. The van der Waals surface area contributed by atoms with Crippen molar-refractivity contribution < 1.29 is 19.7 Å². The van der Waals surface area contributed by atoms with E-state index in [1.807, 2.05) is 12.1 Å². The predicted molar refractivity (Wildman–Crippen MR) is 103 cm³/mol. The Balaban J connectivity index is 1.85. The van der Waals surface area contributed by atoms with Crippen LogP contribution < -0.4 is 0 Å². The van der Waals surface area contributed by atoms with Crippen LogP contribution in [0.15, 0.2) is 48.5 Å². The maximum absolute atomic E-state index is 13.1. The smallest absolute Gasteiger partial charge is 0.273 e. The van der Waals surface area contributed by atoms with E-state index in [4.69, 9.17) is 4.74 Å². The molecule has 0 saturated heterocycles. The highest BCUT2D eigenvalue weighted by molar-refractivity contribution is 6.00. The number of H-pyrrole nitrogens is 1. The van der Waals surface area contributed by atoms with E-state index in [2.05, 4.69) is 10.2 Å². The molecule has 1 aliphatic heterocycles. The van der Waals surface area contributed by atoms with Gasteiger partial charge in [0.15, 0.2) is 0 Å². The quantitative estimate of drug-likeness (QED) is 0.572. The number of carbonyl (C=O) groups is 1. The Hall–Kier alpha value is -3.32. The second-order valence-electron chi connectivity index (χ2n) is 6.72. The Bertz CT molecular complexity index is 1010. The summed E-state index contributed by atoms with van der Waals surface area (Å²) in [6, 6.07) is 13.4. The topological polar surface area (TPSA) is 98.7 Å². The van der Waals surface area contributed by atoms with E-state index in [0.29, 0.717) is 42.1 Å². The van der Waals surface area contributed by atoms with Gasteiger partial charge in [0.1, 0.15) is 22.9 Å². The molecular formula is C21H21N3O4. The molecule has 0 unspecified atom stereocenters. The average molecular weight is 379 g/mol. The lowest BCUT2D eigenvalue weighted by Gasteiger charge is -2.26. The summed E-state index contributed by atoms with van der Waals surface area (Å²) in [5.41, 5.74) is 2.97. The molecule has 0 saturated carbocycles. The first kappa shape index (κ1) is 18.1. The number of methoxy groups -OCH3 is 1. The fraction of sp³-hybridized carbons (Fsp3) is 0.238. The van der Waals surface area contributed by atoms with E-state index in [9.17, 15) is 15.0 Å². The summed E-state index contributed by atoms with van der Waals surface area (Å²) in [5, 5.41) is 27.5. The van der Waals surface area contributed by atoms with Gasteiger partial charge in [0.05, 0.1) is 6.04 Å². The number of nitrogens with one attached hydrogen (secondary N) is 1. The summed E-state index contributed by atoms with van der Waals surface area (Å²) in [6.45, 7) is 1.03. The van der Waals surface area contributed by atoms with Gasteiger partial charge in [-0.3, -0.25) is 9.89 Å². The molecule has 7 heteroatoms. The highest BCUT2D eigenvalue weighted by Gasteiger charge is 2.42. The molecule has 1 aliphatic rings. The van der Waals surface area contributed by atoms with Crippen LogP contribution in [-0.4, -0.2) is 51.5 Å². The Morgan fingerprint density at radius 2 is 2.00 bits per heavy atom. The lowest BCUT2D eigenvalue weighted by atomic mass is 9.95. The van der Waals surface area contributed by atoms with Crippen LogP contribution in [0.1, 0.15) is 34.1 Å². The van der Waals surface area contributed by atoms with Crippen molar-refractivity contribution in [3.63, 3.8) is 0 Å². The highest BCUT2D eigenvalue weighted by atomic mass is 16.5. The molecular weight excluding hydrogens is 358 g/mol. The van der Waals surface area contributed by atoms with Crippen LogP contribution in [0.4, 0.5) is 0 Å². The van der Waals surface area contributed by atoms with E-state index >= 15 is 0 Å². The number of aromatic nitrogens is 2. The van der Waals surface area contributed by atoms with Crippen molar-refractivity contribution in [2.24, 2.45) is 0 Å². The van der Waals surface area contributed by atoms with Crippen molar-refractivity contribution in [1.29, 1.82) is 0 Å². The molecule has 144 valence electrons. The zero-order valence-corrected chi connectivity index (χ0v) is 15.4. The summed E-state index contributed by atoms with van der Waals surface area (Å²) in [6.07, 6.45) is 0.682. The monoisotopic (exact) mass is 379 g/mol. The number of para-hydroxylation sites is 1. The van der Waals surface area contributed by atoms with E-state index < -0.39 is 6.04 Å². The van der Waals surface area contributed by atoms with Crippen molar-refractivity contribution in [2.75, 3.05) is 20.3 Å². The van der Waals surface area contributed by atoms with Crippen LogP contribution in [0, 0.1) is 0 Å². The number of phenolic OH excluding ortho intramolecular Hbond substituents is 2. The minimum absolute atomic E-state index is 0.0942. The first-order chi connectivity index (χ1) is 13.6. The average Bonchev–Trinajstić information content (AvgIpc) is 3.22. The lowest BCUT2D eigenvalue weighted by Crippen LogP contribution is -2.31. The van der Waals surface area contributed by atoms with Crippen LogP contribution in [0.2, 0.25) is 0 Å². The SMILES string of the molecule is COCCCN1C(=O)c2[nH]nc(-c3ccccc3O)c2[C@H]1c1cccc(O)c1. The zero-order chi connectivity index (χ0) is 19.7. The van der Waals surface area contributed by atoms with Gasteiger partial charge in [-0.05, 0) is 36.2 Å². The summed E-state index contributed by atoms with van der Waals surface area (Å²) in [7, 11) is 1.63. The minimum atomic E-state index is -0.417. The molecule has 4 rings (SSSR count). The summed E-state index contributed by atoms with van der Waals surface area (Å²) < 4.78 is 5.13. The zero-order valence-electron chi connectivity index (χ0n) is 15.4. The molecule has 2 aromatic carbocycles. The van der Waals surface area contributed by atoms with E-state index in [0.717, 1.165) is 5.56 Å². The Morgan fingerprint density at radius 3 is 2.75 bits per heavy atom. The number of carbonyl (C=O) groups excluding carboxylic acids is 1. The lowest BCUT2D eigenvalue weighted by molar-refractivity contribution is 0.0723. The van der Waals surface area contributed by atoms with Gasteiger partial charge >= 0.3 is 0 Å². The molecule has 3 N–H and O–H groups in total. The van der Waals surface area contributed by atoms with Gasteiger partial charge in [0.25, 0.3) is 5.91 Å². The third-order valence-electron chi connectivity index (χ3n) is 4.96. The Kier molecular flexibility index (Phi) is 4.75. The van der Waals surface area contributed by atoms with Crippen LogP contribution in [-0.2, 0) is 4.74 Å². The van der Waals surface area contributed by atoms with E-state index in [-0.39, 0.29) is 17.4 Å². The molecule has 7 nitrogen and oxygen atoms in total. The largest absolute Gasteiger partial charge is 0.508 e. The number of amides is 1. The van der Waals surface area contributed by atoms with Crippen molar-refractivity contribution >= 4 is 5.91 Å². The highest BCUT2D eigenvalue weighted by Crippen LogP contribution is 2.44. The number of fused-ring (bicyclic) bond motifs is 1. The van der Waals surface area contributed by atoms with Gasteiger partial charge in [-0.2, -0.15) is 5.10 Å². The molecule has 3 aromatic rings. The predicted octanol–water partition coefficient (Wildman–Crippen LogP) is 3.07. The van der Waals surface area contributed by atoms with Crippen LogP contribution in [0.3, 0.4) is 0 Å². The molecule has 0 fully saturated rings. The Morgan fingerprint density at radius 1 is 1.18 bits per heavy atom. The maximum Gasteiger partial charge on any atom is 0.273 e. The van der Waals surface area contributed by atoms with E-state index in [1.54, 1.807) is 48.4 Å². The van der Waals surface area contributed by atoms with Gasteiger partial charge in [-0.15, -0.1) is 0 Å². The number of hydrogen-bond donors (Lipinski definition) is 3. The van der Waals surface area contributed by atoms with Crippen molar-refractivity contribution in [1.82, 2.24) is 15.1 Å². The van der Waals surface area contributed by atoms with Gasteiger partial charge in [-0.1, -0.05) is 24.3 Å².